The number of hydrogen-bond acceptors (Lipinski definition) is 6. The Morgan fingerprint density at radius 2 is 1.95 bits per heavy atom. The molecule has 0 saturated heterocycles. The van der Waals surface area contributed by atoms with Crippen LogP contribution in [-0.2, 0) is 6.54 Å². The number of aromatic amines is 1. The Bertz CT molecular complexity index is 712. The maximum absolute atomic E-state index is 8.87. The minimum atomic E-state index is 0.0250. The molecule has 2 heterocycles. The van der Waals surface area contributed by atoms with Crippen LogP contribution >= 0.6 is 0 Å². The highest BCUT2D eigenvalue weighted by Gasteiger charge is 2.09. The SMILES string of the molecule is OCCNc1nc(NCc2ccccc2)c2nc[nH]c2n1. The lowest BCUT2D eigenvalue weighted by molar-refractivity contribution is 0.311. The second-order valence-corrected chi connectivity index (χ2v) is 4.49. The summed E-state index contributed by atoms with van der Waals surface area (Å²) in [4.78, 5) is 15.9. The Labute approximate surface area is 121 Å². The van der Waals surface area contributed by atoms with Gasteiger partial charge in [0.2, 0.25) is 5.95 Å². The molecule has 108 valence electrons. The second-order valence-electron chi connectivity index (χ2n) is 4.49. The first kappa shape index (κ1) is 13.3. The summed E-state index contributed by atoms with van der Waals surface area (Å²) in [6, 6.07) is 10.1. The fraction of sp³-hybridized carbons (Fsp3) is 0.214. The number of imidazole rings is 1. The summed E-state index contributed by atoms with van der Waals surface area (Å²) in [5.74, 6) is 1.11. The highest BCUT2D eigenvalue weighted by Crippen LogP contribution is 2.19. The van der Waals surface area contributed by atoms with Crippen molar-refractivity contribution in [3.8, 4) is 0 Å². The van der Waals surface area contributed by atoms with Crippen molar-refractivity contribution < 1.29 is 5.11 Å². The van der Waals surface area contributed by atoms with Crippen LogP contribution in [0.2, 0.25) is 0 Å². The van der Waals surface area contributed by atoms with Crippen molar-refractivity contribution in [3.05, 3.63) is 42.2 Å². The number of nitrogens with one attached hydrogen (secondary N) is 3. The van der Waals surface area contributed by atoms with Gasteiger partial charge in [-0.3, -0.25) is 0 Å². The van der Waals surface area contributed by atoms with Crippen molar-refractivity contribution in [3.63, 3.8) is 0 Å². The summed E-state index contributed by atoms with van der Waals surface area (Å²) in [6.07, 6.45) is 1.59. The zero-order valence-corrected chi connectivity index (χ0v) is 11.4. The molecule has 21 heavy (non-hydrogen) atoms. The summed E-state index contributed by atoms with van der Waals surface area (Å²) in [5.41, 5.74) is 2.51. The molecule has 0 fully saturated rings. The van der Waals surface area contributed by atoms with Crippen LogP contribution in [-0.4, -0.2) is 38.2 Å². The number of rotatable bonds is 6. The summed E-state index contributed by atoms with van der Waals surface area (Å²) in [6.45, 7) is 1.08. The number of benzene rings is 1. The van der Waals surface area contributed by atoms with Gasteiger partial charge in [0.15, 0.2) is 11.5 Å². The van der Waals surface area contributed by atoms with Gasteiger partial charge in [0.05, 0.1) is 12.9 Å². The molecular formula is C14H16N6O. The predicted octanol–water partition coefficient (Wildman–Crippen LogP) is 1.37. The Morgan fingerprint density at radius 3 is 2.76 bits per heavy atom. The molecule has 0 unspecified atom stereocenters. The molecule has 0 spiro atoms. The molecule has 7 heteroatoms. The molecule has 0 aliphatic heterocycles. The van der Waals surface area contributed by atoms with Gasteiger partial charge in [0, 0.05) is 13.1 Å². The van der Waals surface area contributed by atoms with E-state index < -0.39 is 0 Å². The number of aromatic nitrogens is 4. The fourth-order valence-corrected chi connectivity index (χ4v) is 1.99. The molecule has 0 atom stereocenters. The minimum absolute atomic E-state index is 0.0250. The van der Waals surface area contributed by atoms with E-state index in [4.69, 9.17) is 5.11 Å². The molecule has 0 amide bonds. The second kappa shape index (κ2) is 6.19. The van der Waals surface area contributed by atoms with E-state index in [0.717, 1.165) is 5.56 Å². The van der Waals surface area contributed by atoms with Crippen LogP contribution in [0.1, 0.15) is 5.56 Å². The first-order chi connectivity index (χ1) is 10.4. The standard InChI is InChI=1S/C14H16N6O/c21-7-6-15-14-19-12(11-13(20-14)18-9-17-11)16-8-10-4-2-1-3-5-10/h1-5,9,21H,6-8H2,(H3,15,16,17,18,19,20). The van der Waals surface area contributed by atoms with Crippen LogP contribution < -0.4 is 10.6 Å². The first-order valence-electron chi connectivity index (χ1n) is 6.70. The molecule has 0 saturated carbocycles. The summed E-state index contributed by atoms with van der Waals surface area (Å²) in [7, 11) is 0. The van der Waals surface area contributed by atoms with E-state index >= 15 is 0 Å². The molecule has 0 aliphatic rings. The highest BCUT2D eigenvalue weighted by molar-refractivity contribution is 5.83. The molecule has 0 radical (unpaired) electrons. The zero-order chi connectivity index (χ0) is 14.5. The van der Waals surface area contributed by atoms with Gasteiger partial charge in [-0.2, -0.15) is 9.97 Å². The number of H-pyrrole nitrogens is 1. The third-order valence-corrected chi connectivity index (χ3v) is 2.98. The van der Waals surface area contributed by atoms with Gasteiger partial charge in [0.1, 0.15) is 5.52 Å². The summed E-state index contributed by atoms with van der Waals surface area (Å²) < 4.78 is 0. The van der Waals surface area contributed by atoms with E-state index in [1.54, 1.807) is 6.33 Å². The normalized spacial score (nSPS) is 10.7. The molecule has 0 bridgehead atoms. The van der Waals surface area contributed by atoms with Gasteiger partial charge in [-0.25, -0.2) is 4.98 Å². The Kier molecular flexibility index (Phi) is 3.92. The molecular weight excluding hydrogens is 268 g/mol. The third-order valence-electron chi connectivity index (χ3n) is 2.98. The maximum atomic E-state index is 8.87. The van der Waals surface area contributed by atoms with Gasteiger partial charge in [-0.15, -0.1) is 0 Å². The van der Waals surface area contributed by atoms with Gasteiger partial charge in [-0.1, -0.05) is 30.3 Å². The summed E-state index contributed by atoms with van der Waals surface area (Å²) in [5, 5.41) is 15.1. The largest absolute Gasteiger partial charge is 0.395 e. The lowest BCUT2D eigenvalue weighted by Gasteiger charge is -2.09. The Morgan fingerprint density at radius 1 is 1.10 bits per heavy atom. The molecule has 1 aromatic carbocycles. The number of fused-ring (bicyclic) bond motifs is 1. The smallest absolute Gasteiger partial charge is 0.226 e. The molecule has 4 N–H and O–H groups in total. The Hall–Kier alpha value is -2.67. The van der Waals surface area contributed by atoms with Crippen LogP contribution in [0.25, 0.3) is 11.2 Å². The van der Waals surface area contributed by atoms with E-state index in [1.807, 2.05) is 30.3 Å². The van der Waals surface area contributed by atoms with E-state index in [1.165, 1.54) is 0 Å². The zero-order valence-electron chi connectivity index (χ0n) is 11.4. The quantitative estimate of drug-likeness (QED) is 0.545. The topological polar surface area (TPSA) is 98.7 Å². The lowest BCUT2D eigenvalue weighted by Crippen LogP contribution is -2.11. The van der Waals surface area contributed by atoms with Crippen LogP contribution in [0, 0.1) is 0 Å². The number of anilines is 2. The molecule has 0 aliphatic carbocycles. The van der Waals surface area contributed by atoms with Crippen molar-refractivity contribution in [2.45, 2.75) is 6.54 Å². The minimum Gasteiger partial charge on any atom is -0.395 e. The number of hydrogen-bond donors (Lipinski definition) is 4. The summed E-state index contributed by atoms with van der Waals surface area (Å²) >= 11 is 0. The number of nitrogens with zero attached hydrogens (tertiary/aromatic N) is 3. The van der Waals surface area contributed by atoms with Crippen molar-refractivity contribution in [1.82, 2.24) is 19.9 Å². The molecule has 3 aromatic rings. The fourth-order valence-electron chi connectivity index (χ4n) is 1.99. The number of aliphatic hydroxyl groups is 1. The van der Waals surface area contributed by atoms with Crippen molar-refractivity contribution in [2.75, 3.05) is 23.8 Å². The third kappa shape index (κ3) is 3.09. The average Bonchev–Trinajstić information content (AvgIpc) is 3.00. The molecule has 7 nitrogen and oxygen atoms in total. The van der Waals surface area contributed by atoms with Crippen LogP contribution in [0.3, 0.4) is 0 Å². The maximum Gasteiger partial charge on any atom is 0.226 e. The van der Waals surface area contributed by atoms with E-state index in [2.05, 4.69) is 30.6 Å². The van der Waals surface area contributed by atoms with Gasteiger partial charge < -0.3 is 20.7 Å². The van der Waals surface area contributed by atoms with E-state index in [0.29, 0.717) is 36.0 Å². The van der Waals surface area contributed by atoms with Gasteiger partial charge >= 0.3 is 0 Å². The Balaban J connectivity index is 1.83. The van der Waals surface area contributed by atoms with Crippen LogP contribution in [0.4, 0.5) is 11.8 Å². The monoisotopic (exact) mass is 284 g/mol. The average molecular weight is 284 g/mol. The first-order valence-corrected chi connectivity index (χ1v) is 6.70. The van der Waals surface area contributed by atoms with Crippen LogP contribution in [0.15, 0.2) is 36.7 Å². The van der Waals surface area contributed by atoms with Crippen molar-refractivity contribution in [1.29, 1.82) is 0 Å². The lowest BCUT2D eigenvalue weighted by atomic mass is 10.2. The predicted molar refractivity (Wildman–Crippen MR) is 81.0 cm³/mol. The van der Waals surface area contributed by atoms with E-state index in [-0.39, 0.29) is 6.61 Å². The van der Waals surface area contributed by atoms with Crippen molar-refractivity contribution in [2.24, 2.45) is 0 Å². The molecule has 2 aromatic heterocycles. The highest BCUT2D eigenvalue weighted by atomic mass is 16.3. The van der Waals surface area contributed by atoms with Crippen LogP contribution in [0.5, 0.6) is 0 Å². The van der Waals surface area contributed by atoms with Crippen molar-refractivity contribution >= 4 is 22.9 Å². The van der Waals surface area contributed by atoms with E-state index in [9.17, 15) is 0 Å². The number of aliphatic hydroxyl groups excluding tert-OH is 1. The molecule has 3 rings (SSSR count). The van der Waals surface area contributed by atoms with Gasteiger partial charge in [0.25, 0.3) is 0 Å². The van der Waals surface area contributed by atoms with Gasteiger partial charge in [-0.05, 0) is 5.56 Å².